The van der Waals surface area contributed by atoms with E-state index in [9.17, 15) is 4.79 Å². The van der Waals surface area contributed by atoms with Crippen LogP contribution >= 0.6 is 0 Å². The van der Waals surface area contributed by atoms with Gasteiger partial charge in [-0.1, -0.05) is 6.08 Å². The summed E-state index contributed by atoms with van der Waals surface area (Å²) in [7, 11) is 0. The standard InChI is InChI=1S/C11H14O3/c1-2-8-3-4-10(12)9(8)7-11-13-5-6-14-11/h2,7-8,11H,1,3-6H2/b9-7-/t8-/m0/s1. The second-order valence-corrected chi connectivity index (χ2v) is 3.54. The lowest BCUT2D eigenvalue weighted by Gasteiger charge is -2.07. The maximum atomic E-state index is 11.5. The third kappa shape index (κ3) is 1.79. The third-order valence-corrected chi connectivity index (χ3v) is 2.65. The van der Waals surface area contributed by atoms with E-state index < -0.39 is 0 Å². The molecule has 1 aliphatic carbocycles. The Balaban J connectivity index is 2.12. The summed E-state index contributed by atoms with van der Waals surface area (Å²) in [5, 5.41) is 0. The minimum Gasteiger partial charge on any atom is -0.347 e. The van der Waals surface area contributed by atoms with E-state index >= 15 is 0 Å². The molecule has 1 heterocycles. The van der Waals surface area contributed by atoms with Crippen LogP contribution in [0.3, 0.4) is 0 Å². The lowest BCUT2D eigenvalue weighted by molar-refractivity contribution is -0.114. The van der Waals surface area contributed by atoms with Crippen molar-refractivity contribution in [1.82, 2.24) is 0 Å². The summed E-state index contributed by atoms with van der Waals surface area (Å²) in [5.74, 6) is 0.393. The summed E-state index contributed by atoms with van der Waals surface area (Å²) in [4.78, 5) is 11.5. The van der Waals surface area contributed by atoms with E-state index in [-0.39, 0.29) is 18.0 Å². The topological polar surface area (TPSA) is 35.5 Å². The molecular weight excluding hydrogens is 180 g/mol. The highest BCUT2D eigenvalue weighted by atomic mass is 16.7. The summed E-state index contributed by atoms with van der Waals surface area (Å²) >= 11 is 0. The monoisotopic (exact) mass is 194 g/mol. The molecule has 0 N–H and O–H groups in total. The van der Waals surface area contributed by atoms with Crippen molar-refractivity contribution < 1.29 is 14.3 Å². The molecule has 0 bridgehead atoms. The largest absolute Gasteiger partial charge is 0.347 e. The summed E-state index contributed by atoms with van der Waals surface area (Å²) < 4.78 is 10.5. The fourth-order valence-electron chi connectivity index (χ4n) is 1.87. The van der Waals surface area contributed by atoms with E-state index in [2.05, 4.69) is 6.58 Å². The van der Waals surface area contributed by atoms with E-state index in [0.29, 0.717) is 19.6 Å². The second-order valence-electron chi connectivity index (χ2n) is 3.54. The maximum Gasteiger partial charge on any atom is 0.177 e. The predicted molar refractivity (Wildman–Crippen MR) is 51.7 cm³/mol. The van der Waals surface area contributed by atoms with Crippen molar-refractivity contribution >= 4 is 5.78 Å². The molecule has 76 valence electrons. The fourth-order valence-corrected chi connectivity index (χ4v) is 1.87. The van der Waals surface area contributed by atoms with Crippen LogP contribution in [0.2, 0.25) is 0 Å². The molecule has 0 aromatic rings. The Kier molecular flexibility index (Phi) is 2.79. The number of carbonyl (C=O) groups is 1. The molecule has 0 aromatic carbocycles. The summed E-state index contributed by atoms with van der Waals surface area (Å²) in [6, 6.07) is 0. The van der Waals surface area contributed by atoms with E-state index in [1.165, 1.54) is 0 Å². The molecule has 0 unspecified atom stereocenters. The predicted octanol–water partition coefficient (Wildman–Crippen LogP) is 1.45. The van der Waals surface area contributed by atoms with Gasteiger partial charge in [0.1, 0.15) is 0 Å². The van der Waals surface area contributed by atoms with Crippen molar-refractivity contribution in [2.75, 3.05) is 13.2 Å². The summed E-state index contributed by atoms with van der Waals surface area (Å²) in [6.45, 7) is 4.95. The van der Waals surface area contributed by atoms with Crippen LogP contribution in [0.4, 0.5) is 0 Å². The number of Topliss-reactive ketones (excluding diaryl/α,β-unsaturated/α-hetero) is 1. The Bertz CT molecular complexity index is 274. The molecule has 0 spiro atoms. The van der Waals surface area contributed by atoms with Crippen LogP contribution in [0.1, 0.15) is 12.8 Å². The average molecular weight is 194 g/mol. The average Bonchev–Trinajstić information content (AvgIpc) is 2.79. The summed E-state index contributed by atoms with van der Waals surface area (Å²) in [5.41, 5.74) is 0.812. The molecule has 1 aliphatic heterocycles. The number of ketones is 1. The van der Waals surface area contributed by atoms with Crippen LogP contribution in [-0.2, 0) is 14.3 Å². The zero-order chi connectivity index (χ0) is 9.97. The van der Waals surface area contributed by atoms with Crippen molar-refractivity contribution in [3.63, 3.8) is 0 Å². The molecule has 1 saturated heterocycles. The highest BCUT2D eigenvalue weighted by molar-refractivity contribution is 5.98. The van der Waals surface area contributed by atoms with Crippen molar-refractivity contribution in [3.05, 3.63) is 24.3 Å². The van der Waals surface area contributed by atoms with Gasteiger partial charge in [-0.05, 0) is 12.5 Å². The Morgan fingerprint density at radius 2 is 2.07 bits per heavy atom. The van der Waals surface area contributed by atoms with Gasteiger partial charge in [-0.2, -0.15) is 0 Å². The van der Waals surface area contributed by atoms with Gasteiger partial charge >= 0.3 is 0 Å². The van der Waals surface area contributed by atoms with Crippen molar-refractivity contribution in [2.24, 2.45) is 5.92 Å². The Hall–Kier alpha value is -0.930. The van der Waals surface area contributed by atoms with Gasteiger partial charge in [-0.25, -0.2) is 0 Å². The Labute approximate surface area is 83.4 Å². The summed E-state index contributed by atoms with van der Waals surface area (Å²) in [6.07, 6.45) is 4.80. The Morgan fingerprint density at radius 3 is 2.71 bits per heavy atom. The van der Waals surface area contributed by atoms with Gasteiger partial charge in [0.25, 0.3) is 0 Å². The van der Waals surface area contributed by atoms with Crippen LogP contribution < -0.4 is 0 Å². The number of hydrogen-bond acceptors (Lipinski definition) is 3. The van der Waals surface area contributed by atoms with Gasteiger partial charge in [0.2, 0.25) is 0 Å². The molecule has 1 atom stereocenters. The van der Waals surface area contributed by atoms with Crippen LogP contribution in [0.25, 0.3) is 0 Å². The molecule has 2 fully saturated rings. The second kappa shape index (κ2) is 4.07. The maximum absolute atomic E-state index is 11.5. The Morgan fingerprint density at radius 1 is 1.36 bits per heavy atom. The molecule has 3 heteroatoms. The SMILES string of the molecule is C=C[C@H]1CCC(=O)/C1=C\C1OCCO1. The van der Waals surface area contributed by atoms with E-state index in [1.54, 1.807) is 6.08 Å². The first-order chi connectivity index (χ1) is 6.81. The number of rotatable bonds is 2. The number of allylic oxidation sites excluding steroid dienone is 2. The molecule has 0 radical (unpaired) electrons. The van der Waals surface area contributed by atoms with Crippen molar-refractivity contribution in [1.29, 1.82) is 0 Å². The lowest BCUT2D eigenvalue weighted by atomic mass is 10.0. The third-order valence-electron chi connectivity index (χ3n) is 2.65. The van der Waals surface area contributed by atoms with Crippen LogP contribution in [0, 0.1) is 5.92 Å². The van der Waals surface area contributed by atoms with Crippen molar-refractivity contribution in [2.45, 2.75) is 19.1 Å². The van der Waals surface area contributed by atoms with Gasteiger partial charge in [-0.15, -0.1) is 6.58 Å². The van der Waals surface area contributed by atoms with Gasteiger partial charge in [0.15, 0.2) is 12.1 Å². The molecule has 2 aliphatic rings. The van der Waals surface area contributed by atoms with E-state index in [4.69, 9.17) is 9.47 Å². The molecule has 2 rings (SSSR count). The smallest absolute Gasteiger partial charge is 0.177 e. The van der Waals surface area contributed by atoms with Crippen molar-refractivity contribution in [3.8, 4) is 0 Å². The van der Waals surface area contributed by atoms with Crippen LogP contribution in [0.5, 0.6) is 0 Å². The highest BCUT2D eigenvalue weighted by Crippen LogP contribution is 2.29. The molecular formula is C11H14O3. The minimum absolute atomic E-state index is 0.190. The highest BCUT2D eigenvalue weighted by Gasteiger charge is 2.28. The first-order valence-electron chi connectivity index (χ1n) is 4.92. The quantitative estimate of drug-likeness (QED) is 0.493. The van der Waals surface area contributed by atoms with Gasteiger partial charge in [0, 0.05) is 17.9 Å². The lowest BCUT2D eigenvalue weighted by Crippen LogP contribution is -2.08. The number of carbonyl (C=O) groups excluding carboxylic acids is 1. The number of ether oxygens (including phenoxy) is 2. The van der Waals surface area contributed by atoms with Gasteiger partial charge < -0.3 is 9.47 Å². The fraction of sp³-hybridized carbons (Fsp3) is 0.545. The molecule has 0 aromatic heterocycles. The minimum atomic E-state index is -0.325. The van der Waals surface area contributed by atoms with E-state index in [1.807, 2.05) is 6.08 Å². The molecule has 14 heavy (non-hydrogen) atoms. The molecule has 3 nitrogen and oxygen atoms in total. The molecule has 1 saturated carbocycles. The van der Waals surface area contributed by atoms with Crippen LogP contribution in [0.15, 0.2) is 24.3 Å². The first-order valence-corrected chi connectivity index (χ1v) is 4.92. The van der Waals surface area contributed by atoms with Crippen LogP contribution in [-0.4, -0.2) is 25.3 Å². The van der Waals surface area contributed by atoms with Gasteiger partial charge in [-0.3, -0.25) is 4.79 Å². The molecule has 0 amide bonds. The van der Waals surface area contributed by atoms with E-state index in [0.717, 1.165) is 12.0 Å². The first kappa shape index (κ1) is 9.62. The number of hydrogen-bond donors (Lipinski definition) is 0. The zero-order valence-electron chi connectivity index (χ0n) is 8.07. The normalized spacial score (nSPS) is 31.6. The zero-order valence-corrected chi connectivity index (χ0v) is 8.07. The van der Waals surface area contributed by atoms with Gasteiger partial charge in [0.05, 0.1) is 13.2 Å².